The molecule has 0 saturated heterocycles. The van der Waals surface area contributed by atoms with Gasteiger partial charge in [0, 0.05) is 12.3 Å². The highest BCUT2D eigenvalue weighted by molar-refractivity contribution is 5.48. The second kappa shape index (κ2) is 4.89. The number of nitrogens with zero attached hydrogens (tertiary/aromatic N) is 4. The fourth-order valence-electron chi connectivity index (χ4n) is 2.25. The topological polar surface area (TPSA) is 89.1 Å². The summed E-state index contributed by atoms with van der Waals surface area (Å²) in [4.78, 5) is 17.1. The number of hydrogen-bond donors (Lipinski definition) is 1. The van der Waals surface area contributed by atoms with E-state index < -0.39 is 6.04 Å². The van der Waals surface area contributed by atoms with Crippen LogP contribution < -0.4 is 11.4 Å². The van der Waals surface area contributed by atoms with E-state index in [0.717, 1.165) is 0 Å². The van der Waals surface area contributed by atoms with Gasteiger partial charge in [-0.2, -0.15) is 5.26 Å². The predicted octanol–water partition coefficient (Wildman–Crippen LogP) is 1.38. The quantitative estimate of drug-likeness (QED) is 0.767. The Morgan fingerprint density at radius 1 is 1.33 bits per heavy atom. The monoisotopic (exact) mass is 279 g/mol. The first kappa shape index (κ1) is 13.1. The van der Waals surface area contributed by atoms with Gasteiger partial charge in [0.25, 0.3) is 0 Å². The first-order valence-electron chi connectivity index (χ1n) is 6.48. The number of fused-ring (bicyclic) bond motifs is 1. The standard InChI is InChI=1S/C15H13N5O/c1-10(17)14-18-13-7-11(8-16)9-19(13)15(21)20(14)12-5-3-2-4-6-12/h2-7,9-10H,17H2,1H3. The van der Waals surface area contributed by atoms with Gasteiger partial charge in [0.15, 0.2) is 0 Å². The number of aromatic nitrogens is 3. The maximum atomic E-state index is 12.7. The van der Waals surface area contributed by atoms with Gasteiger partial charge >= 0.3 is 5.69 Å². The molecular weight excluding hydrogens is 266 g/mol. The normalized spacial score (nSPS) is 12.2. The fraction of sp³-hybridized carbons (Fsp3) is 0.133. The lowest BCUT2D eigenvalue weighted by molar-refractivity contribution is 0.667. The lowest BCUT2D eigenvalue weighted by Gasteiger charge is -2.15. The van der Waals surface area contributed by atoms with Gasteiger partial charge in [-0.3, -0.25) is 4.40 Å². The second-order valence-corrected chi connectivity index (χ2v) is 4.78. The summed E-state index contributed by atoms with van der Waals surface area (Å²) >= 11 is 0. The summed E-state index contributed by atoms with van der Waals surface area (Å²) in [5, 5.41) is 8.97. The Morgan fingerprint density at radius 2 is 2.05 bits per heavy atom. The lowest BCUT2D eigenvalue weighted by Crippen LogP contribution is -2.31. The molecule has 0 radical (unpaired) electrons. The molecule has 21 heavy (non-hydrogen) atoms. The van der Waals surface area contributed by atoms with Crippen LogP contribution in [0.2, 0.25) is 0 Å². The molecule has 2 N–H and O–H groups in total. The van der Waals surface area contributed by atoms with Crippen LogP contribution in [0.5, 0.6) is 0 Å². The molecule has 1 unspecified atom stereocenters. The molecule has 3 rings (SSSR count). The van der Waals surface area contributed by atoms with Gasteiger partial charge in [0.1, 0.15) is 17.5 Å². The zero-order valence-electron chi connectivity index (χ0n) is 11.4. The Hall–Kier alpha value is -2.91. The molecule has 2 heterocycles. The van der Waals surface area contributed by atoms with Gasteiger partial charge < -0.3 is 5.73 Å². The van der Waals surface area contributed by atoms with Crippen molar-refractivity contribution in [3.8, 4) is 11.8 Å². The van der Waals surface area contributed by atoms with Gasteiger partial charge in [0.2, 0.25) is 0 Å². The van der Waals surface area contributed by atoms with Crippen molar-refractivity contribution in [2.24, 2.45) is 5.73 Å². The van der Waals surface area contributed by atoms with Gasteiger partial charge in [0.05, 0.1) is 17.3 Å². The Balaban J connectivity index is 2.42. The molecule has 0 aliphatic carbocycles. The van der Waals surface area contributed by atoms with Crippen LogP contribution in [0.3, 0.4) is 0 Å². The maximum Gasteiger partial charge on any atom is 0.339 e. The third-order valence-electron chi connectivity index (χ3n) is 3.21. The van der Waals surface area contributed by atoms with Crippen LogP contribution in [0.1, 0.15) is 24.4 Å². The highest BCUT2D eigenvalue weighted by Crippen LogP contribution is 2.14. The summed E-state index contributed by atoms with van der Waals surface area (Å²) in [5.41, 5.74) is 7.17. The van der Waals surface area contributed by atoms with Crippen LogP contribution in [-0.4, -0.2) is 14.0 Å². The molecule has 0 fully saturated rings. The number of nitrogens with two attached hydrogens (primary N) is 1. The smallest absolute Gasteiger partial charge is 0.322 e. The molecule has 0 saturated carbocycles. The molecule has 3 aromatic rings. The molecule has 2 aromatic heterocycles. The molecule has 0 bridgehead atoms. The van der Waals surface area contributed by atoms with Crippen LogP contribution in [-0.2, 0) is 0 Å². The van der Waals surface area contributed by atoms with E-state index in [1.54, 1.807) is 13.0 Å². The van der Waals surface area contributed by atoms with E-state index in [1.807, 2.05) is 36.4 Å². The van der Waals surface area contributed by atoms with Crippen LogP contribution in [0.15, 0.2) is 47.4 Å². The van der Waals surface area contributed by atoms with Gasteiger partial charge in [-0.05, 0) is 19.1 Å². The third kappa shape index (κ3) is 2.10. The van der Waals surface area contributed by atoms with Crippen LogP contribution in [0.25, 0.3) is 11.3 Å². The van der Waals surface area contributed by atoms with Crippen LogP contribution in [0.4, 0.5) is 0 Å². The molecule has 1 atom stereocenters. The van der Waals surface area contributed by atoms with E-state index >= 15 is 0 Å². The summed E-state index contributed by atoms with van der Waals surface area (Å²) in [6, 6.07) is 12.4. The van der Waals surface area contributed by atoms with Crippen molar-refractivity contribution in [1.82, 2.24) is 14.0 Å². The maximum absolute atomic E-state index is 12.7. The highest BCUT2D eigenvalue weighted by Gasteiger charge is 2.16. The number of hydrogen-bond acceptors (Lipinski definition) is 4. The largest absolute Gasteiger partial charge is 0.339 e. The average Bonchev–Trinajstić information content (AvgIpc) is 2.91. The van der Waals surface area contributed by atoms with Crippen molar-refractivity contribution >= 4 is 5.65 Å². The molecule has 6 nitrogen and oxygen atoms in total. The summed E-state index contributed by atoms with van der Waals surface area (Å²) in [6.07, 6.45) is 1.48. The molecule has 0 amide bonds. The second-order valence-electron chi connectivity index (χ2n) is 4.78. The molecule has 6 heteroatoms. The molecule has 0 aliphatic heterocycles. The van der Waals surface area contributed by atoms with Gasteiger partial charge in [-0.15, -0.1) is 0 Å². The zero-order chi connectivity index (χ0) is 15.0. The van der Waals surface area contributed by atoms with E-state index in [9.17, 15) is 4.79 Å². The Kier molecular flexibility index (Phi) is 3.05. The minimum atomic E-state index is -0.414. The first-order chi connectivity index (χ1) is 10.1. The third-order valence-corrected chi connectivity index (χ3v) is 3.21. The predicted molar refractivity (Wildman–Crippen MR) is 78.1 cm³/mol. The van der Waals surface area contributed by atoms with E-state index in [4.69, 9.17) is 11.0 Å². The Labute approximate surface area is 120 Å². The van der Waals surface area contributed by atoms with E-state index in [1.165, 1.54) is 15.2 Å². The summed E-state index contributed by atoms with van der Waals surface area (Å²) in [7, 11) is 0. The summed E-state index contributed by atoms with van der Waals surface area (Å²) in [6.45, 7) is 1.77. The highest BCUT2D eigenvalue weighted by atomic mass is 16.1. The minimum absolute atomic E-state index is 0.292. The average molecular weight is 279 g/mol. The van der Waals surface area contributed by atoms with Crippen molar-refractivity contribution in [3.63, 3.8) is 0 Å². The first-order valence-corrected chi connectivity index (χ1v) is 6.48. The number of rotatable bonds is 2. The number of para-hydroxylation sites is 1. The molecule has 104 valence electrons. The van der Waals surface area contributed by atoms with Gasteiger partial charge in [-0.25, -0.2) is 14.3 Å². The SMILES string of the molecule is CC(N)c1nc2cc(C#N)cn2c(=O)n1-c1ccccc1. The Bertz CT molecular complexity index is 899. The lowest BCUT2D eigenvalue weighted by atomic mass is 10.2. The van der Waals surface area contributed by atoms with Crippen LogP contribution >= 0.6 is 0 Å². The zero-order valence-corrected chi connectivity index (χ0v) is 11.4. The van der Waals surface area contributed by atoms with Crippen molar-refractivity contribution in [2.45, 2.75) is 13.0 Å². The molecule has 1 aromatic carbocycles. The summed E-state index contributed by atoms with van der Waals surface area (Å²) < 4.78 is 2.83. The molecule has 0 spiro atoms. The van der Waals surface area contributed by atoms with Crippen LogP contribution in [0, 0.1) is 11.3 Å². The van der Waals surface area contributed by atoms with Crippen molar-refractivity contribution in [2.75, 3.05) is 0 Å². The van der Waals surface area contributed by atoms with Crippen molar-refractivity contribution in [3.05, 3.63) is 64.5 Å². The van der Waals surface area contributed by atoms with E-state index in [2.05, 4.69) is 4.98 Å². The van der Waals surface area contributed by atoms with E-state index in [0.29, 0.717) is 22.7 Å². The number of benzene rings is 1. The molecule has 0 aliphatic rings. The van der Waals surface area contributed by atoms with Crippen molar-refractivity contribution < 1.29 is 0 Å². The fourth-order valence-corrected chi connectivity index (χ4v) is 2.25. The van der Waals surface area contributed by atoms with Crippen molar-refractivity contribution in [1.29, 1.82) is 5.26 Å². The minimum Gasteiger partial charge on any atom is -0.322 e. The van der Waals surface area contributed by atoms with Gasteiger partial charge in [-0.1, -0.05) is 18.2 Å². The number of nitriles is 1. The molecular formula is C15H13N5O. The van der Waals surface area contributed by atoms with E-state index in [-0.39, 0.29) is 5.69 Å². The Morgan fingerprint density at radius 3 is 2.67 bits per heavy atom. The summed E-state index contributed by atoms with van der Waals surface area (Å²) in [5.74, 6) is 0.460.